The molecule has 120 valence electrons. The second-order valence-corrected chi connectivity index (χ2v) is 7.24. The Morgan fingerprint density at radius 1 is 1.33 bits per heavy atom. The number of aryl methyl sites for hydroxylation is 2. The number of piperidine rings is 1. The molecule has 0 aliphatic carbocycles. The summed E-state index contributed by atoms with van der Waals surface area (Å²) in [5.41, 5.74) is 1.96. The number of hydrogen-bond acceptors (Lipinski definition) is 4. The molecule has 0 radical (unpaired) electrons. The average Bonchev–Trinajstić information content (AvgIpc) is 2.77. The zero-order valence-corrected chi connectivity index (χ0v) is 13.8. The van der Waals surface area contributed by atoms with Crippen molar-refractivity contribution in [2.75, 3.05) is 30.9 Å². The minimum absolute atomic E-state index is 0.560. The molecule has 1 aromatic rings. The Hall–Kier alpha value is -1.12. The zero-order valence-electron chi connectivity index (χ0n) is 12.9. The lowest BCUT2D eigenvalue weighted by atomic mass is 9.98. The summed E-state index contributed by atoms with van der Waals surface area (Å²) in [6, 6.07) is 0. The van der Waals surface area contributed by atoms with E-state index in [9.17, 15) is 8.42 Å². The van der Waals surface area contributed by atoms with Crippen molar-refractivity contribution in [1.82, 2.24) is 19.8 Å². The van der Waals surface area contributed by atoms with Crippen LogP contribution in [0, 0.1) is 19.8 Å². The van der Waals surface area contributed by atoms with Crippen LogP contribution in [0.3, 0.4) is 0 Å². The lowest BCUT2D eigenvalue weighted by Gasteiger charge is -2.31. The number of aromatic amines is 1. The van der Waals surface area contributed by atoms with Gasteiger partial charge in [-0.2, -0.15) is 17.8 Å². The first-order valence-corrected chi connectivity index (χ1v) is 8.88. The fourth-order valence-electron chi connectivity index (χ4n) is 2.60. The standard InChI is InChI=1S/C13H25N5O2S/c1-4-14-9-12-5-7-18(8-6-12)21(19,20)17-13-10(2)15-16-11(13)3/h12,14,17H,4-9H2,1-3H3,(H,15,16). The summed E-state index contributed by atoms with van der Waals surface area (Å²) in [6.07, 6.45) is 1.80. The molecule has 1 fully saturated rings. The molecule has 1 aromatic heterocycles. The van der Waals surface area contributed by atoms with E-state index in [0.717, 1.165) is 31.6 Å². The number of aromatic nitrogens is 2. The van der Waals surface area contributed by atoms with E-state index < -0.39 is 10.2 Å². The summed E-state index contributed by atoms with van der Waals surface area (Å²) in [5.74, 6) is 0.564. The third kappa shape index (κ3) is 3.96. The largest absolute Gasteiger partial charge is 0.317 e. The third-order valence-electron chi connectivity index (χ3n) is 3.96. The van der Waals surface area contributed by atoms with Crippen molar-refractivity contribution in [3.05, 3.63) is 11.4 Å². The number of anilines is 1. The Morgan fingerprint density at radius 2 is 2.00 bits per heavy atom. The van der Waals surface area contributed by atoms with Gasteiger partial charge in [-0.3, -0.25) is 9.82 Å². The maximum absolute atomic E-state index is 12.4. The van der Waals surface area contributed by atoms with Gasteiger partial charge in [-0.1, -0.05) is 6.92 Å². The zero-order chi connectivity index (χ0) is 15.5. The fraction of sp³-hybridized carbons (Fsp3) is 0.769. The van der Waals surface area contributed by atoms with Gasteiger partial charge in [0.25, 0.3) is 0 Å². The van der Waals surface area contributed by atoms with Crippen molar-refractivity contribution in [2.24, 2.45) is 5.92 Å². The van der Waals surface area contributed by atoms with Gasteiger partial charge in [0, 0.05) is 13.1 Å². The predicted molar refractivity (Wildman–Crippen MR) is 83.4 cm³/mol. The molecule has 0 atom stereocenters. The summed E-state index contributed by atoms with van der Waals surface area (Å²) >= 11 is 0. The first kappa shape index (κ1) is 16.3. The van der Waals surface area contributed by atoms with E-state index in [1.165, 1.54) is 4.31 Å². The first-order chi connectivity index (χ1) is 9.94. The van der Waals surface area contributed by atoms with Gasteiger partial charge in [0.2, 0.25) is 0 Å². The molecular weight excluding hydrogens is 290 g/mol. The summed E-state index contributed by atoms with van der Waals surface area (Å²) in [6.45, 7) is 8.74. The van der Waals surface area contributed by atoms with Crippen molar-refractivity contribution < 1.29 is 8.42 Å². The van der Waals surface area contributed by atoms with Gasteiger partial charge >= 0.3 is 10.2 Å². The van der Waals surface area contributed by atoms with Crippen LogP contribution in [0.25, 0.3) is 0 Å². The van der Waals surface area contributed by atoms with Crippen LogP contribution in [-0.4, -0.2) is 49.1 Å². The van der Waals surface area contributed by atoms with Gasteiger partial charge in [-0.25, -0.2) is 0 Å². The van der Waals surface area contributed by atoms with E-state index in [-0.39, 0.29) is 0 Å². The van der Waals surface area contributed by atoms with Crippen LogP contribution >= 0.6 is 0 Å². The molecule has 2 rings (SSSR count). The average molecular weight is 315 g/mol. The molecule has 1 aliphatic rings. The van der Waals surface area contributed by atoms with Crippen LogP contribution in [-0.2, 0) is 10.2 Å². The monoisotopic (exact) mass is 315 g/mol. The second-order valence-electron chi connectivity index (χ2n) is 5.57. The van der Waals surface area contributed by atoms with Crippen molar-refractivity contribution in [1.29, 1.82) is 0 Å². The smallest absolute Gasteiger partial charge is 0.301 e. The van der Waals surface area contributed by atoms with E-state index in [1.54, 1.807) is 13.8 Å². The summed E-state index contributed by atoms with van der Waals surface area (Å²) in [4.78, 5) is 0. The van der Waals surface area contributed by atoms with Gasteiger partial charge in [0.05, 0.1) is 17.1 Å². The molecule has 1 saturated heterocycles. The van der Waals surface area contributed by atoms with E-state index in [1.807, 2.05) is 0 Å². The third-order valence-corrected chi connectivity index (χ3v) is 5.46. The molecule has 0 spiro atoms. The molecule has 8 heteroatoms. The lowest BCUT2D eigenvalue weighted by molar-refractivity contribution is 0.269. The van der Waals surface area contributed by atoms with Crippen LogP contribution in [0.4, 0.5) is 5.69 Å². The lowest BCUT2D eigenvalue weighted by Crippen LogP contribution is -2.43. The Labute approximate surface area is 126 Å². The van der Waals surface area contributed by atoms with E-state index in [2.05, 4.69) is 27.2 Å². The number of hydrogen-bond donors (Lipinski definition) is 3. The molecule has 2 heterocycles. The van der Waals surface area contributed by atoms with Crippen LogP contribution < -0.4 is 10.0 Å². The molecule has 7 nitrogen and oxygen atoms in total. The van der Waals surface area contributed by atoms with Crippen molar-refractivity contribution in [3.63, 3.8) is 0 Å². The van der Waals surface area contributed by atoms with Gasteiger partial charge in [0.1, 0.15) is 0 Å². The van der Waals surface area contributed by atoms with Crippen LogP contribution in [0.5, 0.6) is 0 Å². The number of H-pyrrole nitrogens is 1. The number of nitrogens with one attached hydrogen (secondary N) is 3. The highest BCUT2D eigenvalue weighted by Gasteiger charge is 2.28. The maximum atomic E-state index is 12.4. The summed E-state index contributed by atoms with van der Waals surface area (Å²) in [5, 5.41) is 10.1. The van der Waals surface area contributed by atoms with Crippen molar-refractivity contribution in [2.45, 2.75) is 33.6 Å². The fourth-order valence-corrected chi connectivity index (χ4v) is 3.98. The highest BCUT2D eigenvalue weighted by molar-refractivity contribution is 7.90. The minimum Gasteiger partial charge on any atom is -0.317 e. The highest BCUT2D eigenvalue weighted by Crippen LogP contribution is 2.23. The molecule has 3 N–H and O–H groups in total. The molecule has 21 heavy (non-hydrogen) atoms. The molecule has 0 aromatic carbocycles. The summed E-state index contributed by atoms with van der Waals surface area (Å²) in [7, 11) is -3.49. The predicted octanol–water partition coefficient (Wildman–Crippen LogP) is 1.00. The van der Waals surface area contributed by atoms with Gasteiger partial charge in [0.15, 0.2) is 0 Å². The van der Waals surface area contributed by atoms with Crippen LogP contribution in [0.2, 0.25) is 0 Å². The molecule has 0 saturated carbocycles. The van der Waals surface area contributed by atoms with Crippen molar-refractivity contribution in [3.8, 4) is 0 Å². The highest BCUT2D eigenvalue weighted by atomic mass is 32.2. The summed E-state index contributed by atoms with van der Waals surface area (Å²) < 4.78 is 29.1. The Morgan fingerprint density at radius 3 is 2.52 bits per heavy atom. The van der Waals surface area contributed by atoms with Crippen LogP contribution in [0.1, 0.15) is 31.2 Å². The Kier molecular flexibility index (Phi) is 5.23. The second kappa shape index (κ2) is 6.76. The number of nitrogens with zero attached hydrogens (tertiary/aromatic N) is 2. The maximum Gasteiger partial charge on any atom is 0.301 e. The SMILES string of the molecule is CCNCC1CCN(S(=O)(=O)Nc2c(C)n[nH]c2C)CC1. The molecular formula is C13H25N5O2S. The Balaban J connectivity index is 1.96. The minimum atomic E-state index is -3.49. The molecule has 0 amide bonds. The van der Waals surface area contributed by atoms with E-state index >= 15 is 0 Å². The van der Waals surface area contributed by atoms with Crippen LogP contribution in [0.15, 0.2) is 0 Å². The van der Waals surface area contributed by atoms with E-state index in [0.29, 0.717) is 30.4 Å². The Bertz CT molecular complexity index is 542. The quantitative estimate of drug-likeness (QED) is 0.730. The molecule has 1 aliphatic heterocycles. The van der Waals surface area contributed by atoms with Gasteiger partial charge < -0.3 is 5.32 Å². The molecule has 0 bridgehead atoms. The number of rotatable bonds is 6. The van der Waals surface area contributed by atoms with Crippen molar-refractivity contribution >= 4 is 15.9 Å². The first-order valence-electron chi connectivity index (χ1n) is 7.44. The van der Waals surface area contributed by atoms with Gasteiger partial charge in [-0.15, -0.1) is 0 Å². The van der Waals surface area contributed by atoms with Gasteiger partial charge in [-0.05, 0) is 45.7 Å². The molecule has 0 unspecified atom stereocenters. The van der Waals surface area contributed by atoms with E-state index in [4.69, 9.17) is 0 Å². The normalized spacial score (nSPS) is 18.0. The topological polar surface area (TPSA) is 90.1 Å².